The Morgan fingerprint density at radius 3 is 2.76 bits per heavy atom. The van der Waals surface area contributed by atoms with E-state index in [9.17, 15) is 9.59 Å². The van der Waals surface area contributed by atoms with Crippen LogP contribution < -0.4 is 5.32 Å². The Labute approximate surface area is 101 Å². The summed E-state index contributed by atoms with van der Waals surface area (Å²) in [5.74, 6) is -1.13. The molecule has 2 unspecified atom stereocenters. The number of carboxylic acids is 1. The van der Waals surface area contributed by atoms with Gasteiger partial charge in [-0.15, -0.1) is 0 Å². The van der Waals surface area contributed by atoms with Crippen molar-refractivity contribution in [3.8, 4) is 0 Å². The van der Waals surface area contributed by atoms with Gasteiger partial charge in [0.2, 0.25) is 5.91 Å². The molecule has 1 amide bonds. The van der Waals surface area contributed by atoms with Crippen molar-refractivity contribution < 1.29 is 14.7 Å². The van der Waals surface area contributed by atoms with Crippen molar-refractivity contribution in [3.63, 3.8) is 0 Å². The fourth-order valence-electron chi connectivity index (χ4n) is 2.15. The molecule has 0 aromatic heterocycles. The van der Waals surface area contributed by atoms with Crippen LogP contribution in [0.5, 0.6) is 0 Å². The minimum absolute atomic E-state index is 0.0755. The number of allylic oxidation sites excluding steroid dienone is 3. The fourth-order valence-corrected chi connectivity index (χ4v) is 2.15. The summed E-state index contributed by atoms with van der Waals surface area (Å²) in [4.78, 5) is 22.3. The Morgan fingerprint density at radius 2 is 2.12 bits per heavy atom. The van der Waals surface area contributed by atoms with Crippen molar-refractivity contribution in [2.24, 2.45) is 11.8 Å². The van der Waals surface area contributed by atoms with Gasteiger partial charge >= 0.3 is 5.97 Å². The summed E-state index contributed by atoms with van der Waals surface area (Å²) in [6, 6.07) is 0. The third-order valence-electron chi connectivity index (χ3n) is 3.07. The first-order valence-corrected chi connectivity index (χ1v) is 5.95. The number of carbonyl (C=O) groups excluding carboxylic acids is 1. The second kappa shape index (κ2) is 6.89. The first-order valence-electron chi connectivity index (χ1n) is 5.95. The van der Waals surface area contributed by atoms with Gasteiger partial charge in [0.1, 0.15) is 0 Å². The Balaban J connectivity index is 2.35. The van der Waals surface area contributed by atoms with Crippen LogP contribution in [0.15, 0.2) is 24.3 Å². The highest BCUT2D eigenvalue weighted by Crippen LogP contribution is 2.31. The number of carboxylic acid groups (broad SMARTS) is 1. The molecule has 1 saturated carbocycles. The number of aliphatic carboxylic acids is 1. The molecule has 94 valence electrons. The van der Waals surface area contributed by atoms with Gasteiger partial charge in [-0.1, -0.05) is 24.6 Å². The van der Waals surface area contributed by atoms with Gasteiger partial charge in [-0.05, 0) is 25.7 Å². The van der Waals surface area contributed by atoms with Gasteiger partial charge in [0.25, 0.3) is 0 Å². The van der Waals surface area contributed by atoms with Crippen molar-refractivity contribution >= 4 is 11.9 Å². The third-order valence-corrected chi connectivity index (χ3v) is 3.07. The van der Waals surface area contributed by atoms with E-state index in [1.807, 2.05) is 13.0 Å². The van der Waals surface area contributed by atoms with Crippen LogP contribution >= 0.6 is 0 Å². The third kappa shape index (κ3) is 4.43. The molecular formula is C13H19NO3. The van der Waals surface area contributed by atoms with Crippen LogP contribution in [0.2, 0.25) is 0 Å². The SMILES string of the molecule is CC=CC=CC(=O)NCC1CCCC1C(=O)O. The molecule has 4 nitrogen and oxygen atoms in total. The van der Waals surface area contributed by atoms with Crippen LogP contribution in [0.4, 0.5) is 0 Å². The molecule has 0 bridgehead atoms. The average Bonchev–Trinajstić information content (AvgIpc) is 2.75. The molecule has 0 heterocycles. The van der Waals surface area contributed by atoms with Crippen LogP contribution in [0.25, 0.3) is 0 Å². The summed E-state index contributed by atoms with van der Waals surface area (Å²) < 4.78 is 0. The maximum atomic E-state index is 11.4. The Morgan fingerprint density at radius 1 is 1.35 bits per heavy atom. The van der Waals surface area contributed by atoms with E-state index in [-0.39, 0.29) is 17.7 Å². The molecule has 1 rings (SSSR count). The Kier molecular flexibility index (Phi) is 5.46. The van der Waals surface area contributed by atoms with Gasteiger partial charge < -0.3 is 10.4 Å². The first-order chi connectivity index (χ1) is 8.15. The lowest BCUT2D eigenvalue weighted by Crippen LogP contribution is -2.32. The van der Waals surface area contributed by atoms with Crippen molar-refractivity contribution in [1.82, 2.24) is 5.32 Å². The number of nitrogens with one attached hydrogen (secondary N) is 1. The maximum Gasteiger partial charge on any atom is 0.306 e. The number of amides is 1. The lowest BCUT2D eigenvalue weighted by atomic mass is 9.96. The van der Waals surface area contributed by atoms with Crippen LogP contribution in [-0.4, -0.2) is 23.5 Å². The van der Waals surface area contributed by atoms with Crippen molar-refractivity contribution in [3.05, 3.63) is 24.3 Å². The summed E-state index contributed by atoms with van der Waals surface area (Å²) in [6.45, 7) is 2.33. The Bertz CT molecular complexity index is 334. The van der Waals surface area contributed by atoms with Gasteiger partial charge in [-0.2, -0.15) is 0 Å². The highest BCUT2D eigenvalue weighted by atomic mass is 16.4. The predicted octanol–water partition coefficient (Wildman–Crippen LogP) is 1.74. The number of hydrogen-bond donors (Lipinski definition) is 2. The number of rotatable bonds is 5. The monoisotopic (exact) mass is 237 g/mol. The normalized spacial score (nSPS) is 24.5. The fraction of sp³-hybridized carbons (Fsp3) is 0.538. The van der Waals surface area contributed by atoms with E-state index in [1.54, 1.807) is 12.2 Å². The second-order valence-corrected chi connectivity index (χ2v) is 4.27. The van der Waals surface area contributed by atoms with Crippen molar-refractivity contribution in [2.45, 2.75) is 26.2 Å². The second-order valence-electron chi connectivity index (χ2n) is 4.27. The summed E-state index contributed by atoms with van der Waals surface area (Å²) in [6.07, 6.45) is 9.27. The molecule has 0 radical (unpaired) electrons. The summed E-state index contributed by atoms with van der Waals surface area (Å²) in [5.41, 5.74) is 0. The zero-order valence-electron chi connectivity index (χ0n) is 10.1. The van der Waals surface area contributed by atoms with Crippen LogP contribution in [0.1, 0.15) is 26.2 Å². The highest BCUT2D eigenvalue weighted by Gasteiger charge is 2.32. The van der Waals surface area contributed by atoms with Crippen LogP contribution in [0, 0.1) is 11.8 Å². The largest absolute Gasteiger partial charge is 0.481 e. The predicted molar refractivity (Wildman–Crippen MR) is 65.4 cm³/mol. The standard InChI is InChI=1S/C13H19NO3/c1-2-3-4-8-12(15)14-9-10-6-5-7-11(10)13(16)17/h2-4,8,10-11H,5-7,9H2,1H3,(H,14,15)(H,16,17). The molecule has 2 N–H and O–H groups in total. The molecule has 0 spiro atoms. The quantitative estimate of drug-likeness (QED) is 0.565. The van der Waals surface area contributed by atoms with Crippen LogP contribution in [-0.2, 0) is 9.59 Å². The summed E-state index contributed by atoms with van der Waals surface area (Å²) in [7, 11) is 0. The molecule has 4 heteroatoms. The zero-order chi connectivity index (χ0) is 12.7. The molecular weight excluding hydrogens is 218 g/mol. The lowest BCUT2D eigenvalue weighted by molar-refractivity contribution is -0.143. The smallest absolute Gasteiger partial charge is 0.306 e. The van der Waals surface area contributed by atoms with Gasteiger partial charge in [0.05, 0.1) is 5.92 Å². The maximum absolute atomic E-state index is 11.4. The molecule has 1 fully saturated rings. The molecule has 0 saturated heterocycles. The van der Waals surface area contributed by atoms with Gasteiger partial charge in [0, 0.05) is 12.6 Å². The average molecular weight is 237 g/mol. The summed E-state index contributed by atoms with van der Waals surface area (Å²) >= 11 is 0. The molecule has 2 atom stereocenters. The van der Waals surface area contributed by atoms with E-state index in [2.05, 4.69) is 5.32 Å². The Hall–Kier alpha value is -1.58. The zero-order valence-corrected chi connectivity index (χ0v) is 10.1. The van der Waals surface area contributed by atoms with E-state index in [0.29, 0.717) is 6.54 Å². The minimum Gasteiger partial charge on any atom is -0.481 e. The van der Waals surface area contributed by atoms with Gasteiger partial charge in [-0.25, -0.2) is 0 Å². The molecule has 1 aliphatic carbocycles. The molecule has 17 heavy (non-hydrogen) atoms. The molecule has 0 aromatic carbocycles. The first kappa shape index (κ1) is 13.5. The van der Waals surface area contributed by atoms with Gasteiger partial charge in [-0.3, -0.25) is 9.59 Å². The van der Waals surface area contributed by atoms with E-state index < -0.39 is 5.97 Å². The van der Waals surface area contributed by atoms with Crippen LogP contribution in [0.3, 0.4) is 0 Å². The summed E-state index contributed by atoms with van der Waals surface area (Å²) in [5, 5.41) is 11.7. The number of hydrogen-bond acceptors (Lipinski definition) is 2. The van der Waals surface area contributed by atoms with Crippen molar-refractivity contribution in [2.75, 3.05) is 6.54 Å². The van der Waals surface area contributed by atoms with E-state index in [4.69, 9.17) is 5.11 Å². The van der Waals surface area contributed by atoms with E-state index in [0.717, 1.165) is 19.3 Å². The van der Waals surface area contributed by atoms with Crippen molar-refractivity contribution in [1.29, 1.82) is 0 Å². The van der Waals surface area contributed by atoms with E-state index >= 15 is 0 Å². The number of carbonyl (C=O) groups is 2. The molecule has 0 aromatic rings. The molecule has 0 aliphatic heterocycles. The van der Waals surface area contributed by atoms with E-state index in [1.165, 1.54) is 6.08 Å². The minimum atomic E-state index is -0.744. The van der Waals surface area contributed by atoms with Gasteiger partial charge in [0.15, 0.2) is 0 Å². The topological polar surface area (TPSA) is 66.4 Å². The molecule has 1 aliphatic rings. The lowest BCUT2D eigenvalue weighted by Gasteiger charge is -2.15. The highest BCUT2D eigenvalue weighted by molar-refractivity contribution is 5.87.